The number of nitrogens with zero attached hydrogens (tertiary/aromatic N) is 2. The number of amides is 2. The number of carbonyl (C=O) groups excluding carboxylic acids is 1. The van der Waals surface area contributed by atoms with Gasteiger partial charge in [0.1, 0.15) is 11.9 Å². The third kappa shape index (κ3) is 3.49. The SMILES string of the molecule is O=C1NC(=NCc2ccccc2)C(c2ccccc2)N1c1ccc(F)c(F)c1. The van der Waals surface area contributed by atoms with Crippen molar-refractivity contribution in [3.63, 3.8) is 0 Å². The minimum absolute atomic E-state index is 0.259. The highest BCUT2D eigenvalue weighted by Gasteiger charge is 2.38. The van der Waals surface area contributed by atoms with E-state index in [4.69, 9.17) is 0 Å². The molecule has 0 radical (unpaired) electrons. The van der Waals surface area contributed by atoms with Crippen molar-refractivity contribution in [1.82, 2.24) is 5.32 Å². The first kappa shape index (κ1) is 17.9. The van der Waals surface area contributed by atoms with Crippen molar-refractivity contribution >= 4 is 17.6 Å². The van der Waals surface area contributed by atoms with Crippen LogP contribution < -0.4 is 10.2 Å². The van der Waals surface area contributed by atoms with Gasteiger partial charge in [-0.05, 0) is 23.3 Å². The van der Waals surface area contributed by atoms with Gasteiger partial charge in [0.05, 0.1) is 6.54 Å². The lowest BCUT2D eigenvalue weighted by Crippen LogP contribution is -2.29. The number of nitrogens with one attached hydrogen (secondary N) is 1. The molecule has 1 N–H and O–H groups in total. The smallest absolute Gasteiger partial charge is 0.294 e. The van der Waals surface area contributed by atoms with Crippen LogP contribution in [0, 0.1) is 11.6 Å². The largest absolute Gasteiger partial charge is 0.328 e. The van der Waals surface area contributed by atoms with Crippen molar-refractivity contribution in [2.75, 3.05) is 4.90 Å². The van der Waals surface area contributed by atoms with Crippen LogP contribution in [0.15, 0.2) is 83.9 Å². The van der Waals surface area contributed by atoms with Gasteiger partial charge in [0.25, 0.3) is 0 Å². The van der Waals surface area contributed by atoms with E-state index < -0.39 is 23.7 Å². The summed E-state index contributed by atoms with van der Waals surface area (Å²) >= 11 is 0. The quantitative estimate of drug-likeness (QED) is 0.695. The average molecular weight is 377 g/mol. The van der Waals surface area contributed by atoms with Crippen LogP contribution in [0.5, 0.6) is 0 Å². The van der Waals surface area contributed by atoms with E-state index in [9.17, 15) is 13.6 Å². The number of amidine groups is 1. The number of rotatable bonds is 4. The highest BCUT2D eigenvalue weighted by Crippen LogP contribution is 2.33. The number of aliphatic imine (C=N–C) groups is 1. The second-order valence-electron chi connectivity index (χ2n) is 6.40. The summed E-state index contributed by atoms with van der Waals surface area (Å²) in [5, 5.41) is 2.78. The molecule has 1 atom stereocenters. The first-order valence-corrected chi connectivity index (χ1v) is 8.82. The molecule has 3 aromatic rings. The van der Waals surface area contributed by atoms with Gasteiger partial charge in [-0.2, -0.15) is 0 Å². The maximum atomic E-state index is 13.8. The molecular formula is C22H17F2N3O. The van der Waals surface area contributed by atoms with E-state index in [-0.39, 0.29) is 5.69 Å². The molecule has 1 heterocycles. The lowest BCUT2D eigenvalue weighted by Gasteiger charge is -2.23. The van der Waals surface area contributed by atoms with Gasteiger partial charge in [-0.1, -0.05) is 60.7 Å². The van der Waals surface area contributed by atoms with Gasteiger partial charge in [-0.3, -0.25) is 15.2 Å². The summed E-state index contributed by atoms with van der Waals surface area (Å²) in [5.41, 5.74) is 2.08. The van der Waals surface area contributed by atoms with Crippen molar-refractivity contribution in [1.29, 1.82) is 0 Å². The zero-order chi connectivity index (χ0) is 19.5. The molecule has 0 bridgehead atoms. The minimum atomic E-state index is -1.01. The van der Waals surface area contributed by atoms with Gasteiger partial charge < -0.3 is 0 Å². The maximum absolute atomic E-state index is 13.8. The summed E-state index contributed by atoms with van der Waals surface area (Å²) in [4.78, 5) is 18.7. The number of hydrogen-bond acceptors (Lipinski definition) is 2. The van der Waals surface area contributed by atoms with Crippen LogP contribution in [0.3, 0.4) is 0 Å². The molecule has 140 valence electrons. The lowest BCUT2D eigenvalue weighted by molar-refractivity contribution is 0.252. The normalized spacial score (nSPS) is 17.8. The van der Waals surface area contributed by atoms with E-state index in [2.05, 4.69) is 10.3 Å². The number of anilines is 1. The van der Waals surface area contributed by atoms with E-state index >= 15 is 0 Å². The van der Waals surface area contributed by atoms with Crippen LogP contribution in [-0.2, 0) is 6.54 Å². The molecule has 1 aliphatic heterocycles. The minimum Gasteiger partial charge on any atom is -0.294 e. The third-order valence-corrected chi connectivity index (χ3v) is 4.54. The second-order valence-corrected chi connectivity index (χ2v) is 6.40. The van der Waals surface area contributed by atoms with Crippen LogP contribution in [0.4, 0.5) is 19.3 Å². The molecule has 0 aromatic heterocycles. The standard InChI is InChI=1S/C22H17F2N3O/c23-18-12-11-17(13-19(18)24)27-20(16-9-5-2-6-10-16)21(26-22(27)28)25-14-15-7-3-1-4-8-15/h1-13,20H,14H2,(H,25,26,28). The molecule has 6 heteroatoms. The summed E-state index contributed by atoms with van der Waals surface area (Å²) < 4.78 is 27.2. The van der Waals surface area contributed by atoms with Gasteiger partial charge in [-0.25, -0.2) is 13.6 Å². The highest BCUT2D eigenvalue weighted by atomic mass is 19.2. The molecular weight excluding hydrogens is 360 g/mol. The van der Waals surface area contributed by atoms with Crippen LogP contribution in [0.1, 0.15) is 17.2 Å². The van der Waals surface area contributed by atoms with Crippen molar-refractivity contribution in [3.8, 4) is 0 Å². The molecule has 4 rings (SSSR count). The number of halogens is 2. The van der Waals surface area contributed by atoms with Crippen LogP contribution >= 0.6 is 0 Å². The fourth-order valence-electron chi connectivity index (χ4n) is 3.21. The third-order valence-electron chi connectivity index (χ3n) is 4.54. The Balaban J connectivity index is 1.75. The monoisotopic (exact) mass is 377 g/mol. The Hall–Kier alpha value is -3.54. The average Bonchev–Trinajstić information content (AvgIpc) is 3.06. The van der Waals surface area contributed by atoms with E-state index in [0.717, 1.165) is 23.3 Å². The number of urea groups is 1. The van der Waals surface area contributed by atoms with E-state index in [1.54, 1.807) is 0 Å². The summed E-state index contributed by atoms with van der Waals surface area (Å²) in [6, 6.07) is 21.4. The van der Waals surface area contributed by atoms with Gasteiger partial charge >= 0.3 is 6.03 Å². The molecule has 4 nitrogen and oxygen atoms in total. The topological polar surface area (TPSA) is 44.7 Å². The van der Waals surface area contributed by atoms with Crippen molar-refractivity contribution in [2.24, 2.45) is 4.99 Å². The second kappa shape index (κ2) is 7.60. The van der Waals surface area contributed by atoms with Crippen molar-refractivity contribution in [2.45, 2.75) is 12.6 Å². The first-order chi connectivity index (χ1) is 13.6. The Kier molecular flexibility index (Phi) is 4.85. The highest BCUT2D eigenvalue weighted by molar-refractivity contribution is 6.16. The summed E-state index contributed by atoms with van der Waals surface area (Å²) in [5.74, 6) is -1.51. The number of carbonyl (C=O) groups is 1. The molecule has 0 spiro atoms. The van der Waals surface area contributed by atoms with Crippen LogP contribution in [0.25, 0.3) is 0 Å². The maximum Gasteiger partial charge on any atom is 0.328 e. The molecule has 28 heavy (non-hydrogen) atoms. The summed E-state index contributed by atoms with van der Waals surface area (Å²) in [7, 11) is 0. The zero-order valence-corrected chi connectivity index (χ0v) is 14.8. The van der Waals surface area contributed by atoms with Gasteiger partial charge in [0, 0.05) is 11.8 Å². The Morgan fingerprint density at radius 1 is 0.893 bits per heavy atom. The zero-order valence-electron chi connectivity index (χ0n) is 14.8. The van der Waals surface area contributed by atoms with E-state index in [1.165, 1.54) is 11.0 Å². The fourth-order valence-corrected chi connectivity index (χ4v) is 3.21. The number of hydrogen-bond donors (Lipinski definition) is 1. The molecule has 0 aliphatic carbocycles. The van der Waals surface area contributed by atoms with Crippen LogP contribution in [-0.4, -0.2) is 11.9 Å². The van der Waals surface area contributed by atoms with Crippen LogP contribution in [0.2, 0.25) is 0 Å². The Morgan fingerprint density at radius 2 is 1.57 bits per heavy atom. The predicted octanol–water partition coefficient (Wildman–Crippen LogP) is 4.83. The number of benzene rings is 3. The molecule has 3 aromatic carbocycles. The van der Waals surface area contributed by atoms with Gasteiger partial charge in [0.15, 0.2) is 11.6 Å². The van der Waals surface area contributed by atoms with Crippen molar-refractivity contribution < 1.29 is 13.6 Å². The van der Waals surface area contributed by atoms with E-state index in [1.807, 2.05) is 60.7 Å². The molecule has 1 fully saturated rings. The predicted molar refractivity (Wildman–Crippen MR) is 104 cm³/mol. The van der Waals surface area contributed by atoms with E-state index in [0.29, 0.717) is 12.4 Å². The first-order valence-electron chi connectivity index (χ1n) is 8.82. The molecule has 0 saturated carbocycles. The van der Waals surface area contributed by atoms with Crippen molar-refractivity contribution in [3.05, 3.63) is 102 Å². The molecule has 1 aliphatic rings. The Bertz CT molecular complexity index is 1020. The van der Waals surface area contributed by atoms with Gasteiger partial charge in [0.2, 0.25) is 0 Å². The fraction of sp³-hybridized carbons (Fsp3) is 0.0909. The lowest BCUT2D eigenvalue weighted by atomic mass is 10.0. The summed E-state index contributed by atoms with van der Waals surface area (Å²) in [6.45, 7) is 0.394. The molecule has 1 saturated heterocycles. The molecule has 1 unspecified atom stereocenters. The summed E-state index contributed by atoms with van der Waals surface area (Å²) in [6.07, 6.45) is 0. The molecule has 2 amide bonds. The Labute approximate surface area is 161 Å². The van der Waals surface area contributed by atoms with Gasteiger partial charge in [-0.15, -0.1) is 0 Å². The Morgan fingerprint density at radius 3 is 2.25 bits per heavy atom.